The number of hydrogen-bond acceptors (Lipinski definition) is 1. The second-order valence-electron chi connectivity index (χ2n) is 4.17. The second kappa shape index (κ2) is 5.87. The Hall–Kier alpha value is -0.550. The molecule has 0 N–H and O–H groups in total. The number of benzene rings is 1. The summed E-state index contributed by atoms with van der Waals surface area (Å²) >= 11 is 3.44. The summed E-state index contributed by atoms with van der Waals surface area (Å²) in [7, 11) is 1.94. The van der Waals surface area contributed by atoms with Crippen LogP contribution in [0.1, 0.15) is 18.1 Å². The predicted octanol–water partition coefficient (Wildman–Crippen LogP) is 3.92. The summed E-state index contributed by atoms with van der Waals surface area (Å²) in [6, 6.07) is 5.30. The first-order valence-electron chi connectivity index (χ1n) is 5.28. The molecule has 0 heterocycles. The lowest BCUT2D eigenvalue weighted by Crippen LogP contribution is -2.24. The lowest BCUT2D eigenvalue weighted by molar-refractivity contribution is -0.137. The van der Waals surface area contributed by atoms with Crippen LogP contribution >= 0.6 is 15.9 Å². The average Bonchev–Trinajstić information content (AvgIpc) is 2.15. The summed E-state index contributed by atoms with van der Waals surface area (Å²) in [6.45, 7) is 3.53. The van der Waals surface area contributed by atoms with Gasteiger partial charge in [0.25, 0.3) is 0 Å². The van der Waals surface area contributed by atoms with Crippen molar-refractivity contribution in [1.82, 2.24) is 4.90 Å². The molecule has 0 radical (unpaired) electrons. The minimum Gasteiger partial charge on any atom is -0.301 e. The SMILES string of the molecule is CC(Br)CN(C)Cc1ccc(C(F)(F)F)cc1. The number of alkyl halides is 4. The molecule has 0 aromatic heterocycles. The van der Waals surface area contributed by atoms with E-state index in [1.807, 2.05) is 14.0 Å². The van der Waals surface area contributed by atoms with Gasteiger partial charge in [-0.15, -0.1) is 0 Å². The molecule has 1 rings (SSSR count). The van der Waals surface area contributed by atoms with Crippen LogP contribution in [0.25, 0.3) is 0 Å². The lowest BCUT2D eigenvalue weighted by Gasteiger charge is -2.18. The monoisotopic (exact) mass is 309 g/mol. The molecular weight excluding hydrogens is 295 g/mol. The fourth-order valence-corrected chi connectivity index (χ4v) is 2.10. The van der Waals surface area contributed by atoms with Crippen LogP contribution in [-0.2, 0) is 12.7 Å². The Morgan fingerprint density at radius 3 is 2.18 bits per heavy atom. The standard InChI is InChI=1S/C12H15BrF3N/c1-9(13)7-17(2)8-10-3-5-11(6-4-10)12(14,15)16/h3-6,9H,7-8H2,1-2H3. The summed E-state index contributed by atoms with van der Waals surface area (Å²) in [5.41, 5.74) is 0.284. The summed E-state index contributed by atoms with van der Waals surface area (Å²) < 4.78 is 37.0. The third-order valence-electron chi connectivity index (χ3n) is 2.30. The van der Waals surface area contributed by atoms with Gasteiger partial charge in [0, 0.05) is 17.9 Å². The largest absolute Gasteiger partial charge is 0.416 e. The lowest BCUT2D eigenvalue weighted by atomic mass is 10.1. The van der Waals surface area contributed by atoms with Gasteiger partial charge in [-0.2, -0.15) is 13.2 Å². The van der Waals surface area contributed by atoms with Crippen LogP contribution in [0.5, 0.6) is 0 Å². The van der Waals surface area contributed by atoms with E-state index >= 15 is 0 Å². The predicted molar refractivity (Wildman–Crippen MR) is 66.2 cm³/mol. The van der Waals surface area contributed by atoms with Crippen molar-refractivity contribution in [2.45, 2.75) is 24.5 Å². The molecule has 1 nitrogen and oxygen atoms in total. The zero-order chi connectivity index (χ0) is 13.1. The zero-order valence-electron chi connectivity index (χ0n) is 9.76. The third-order valence-corrected chi connectivity index (χ3v) is 2.59. The van der Waals surface area contributed by atoms with Crippen LogP contribution < -0.4 is 0 Å². The maximum absolute atomic E-state index is 12.3. The van der Waals surface area contributed by atoms with Crippen molar-refractivity contribution in [2.75, 3.05) is 13.6 Å². The van der Waals surface area contributed by atoms with Crippen LogP contribution in [0.4, 0.5) is 13.2 Å². The van der Waals surface area contributed by atoms with Gasteiger partial charge in [0.05, 0.1) is 5.56 Å². The fourth-order valence-electron chi connectivity index (χ4n) is 1.60. The quantitative estimate of drug-likeness (QED) is 0.762. The van der Waals surface area contributed by atoms with E-state index in [9.17, 15) is 13.2 Å². The molecular formula is C12H15BrF3N. The minimum absolute atomic E-state index is 0.363. The maximum Gasteiger partial charge on any atom is 0.416 e. The van der Waals surface area contributed by atoms with Gasteiger partial charge in [0.1, 0.15) is 0 Å². The van der Waals surface area contributed by atoms with E-state index in [4.69, 9.17) is 0 Å². The molecule has 0 spiro atoms. The van der Waals surface area contributed by atoms with Crippen molar-refractivity contribution in [3.63, 3.8) is 0 Å². The molecule has 0 aliphatic rings. The highest BCUT2D eigenvalue weighted by Gasteiger charge is 2.29. The second-order valence-corrected chi connectivity index (χ2v) is 5.74. The van der Waals surface area contributed by atoms with Crippen LogP contribution in [0.3, 0.4) is 0 Å². The number of rotatable bonds is 4. The van der Waals surface area contributed by atoms with Gasteiger partial charge in [-0.1, -0.05) is 35.0 Å². The molecule has 0 aliphatic heterocycles. The summed E-state index contributed by atoms with van der Waals surface area (Å²) in [6.07, 6.45) is -4.26. The van der Waals surface area contributed by atoms with Crippen LogP contribution in [0, 0.1) is 0 Å². The highest BCUT2D eigenvalue weighted by molar-refractivity contribution is 9.09. The normalized spacial score (nSPS) is 14.1. The van der Waals surface area contributed by atoms with Gasteiger partial charge in [0.2, 0.25) is 0 Å². The van der Waals surface area contributed by atoms with Gasteiger partial charge in [-0.05, 0) is 24.7 Å². The molecule has 1 aromatic rings. The molecule has 0 saturated carbocycles. The van der Waals surface area contributed by atoms with Crippen molar-refractivity contribution in [1.29, 1.82) is 0 Å². The highest BCUT2D eigenvalue weighted by atomic mass is 79.9. The van der Waals surface area contributed by atoms with Gasteiger partial charge in [-0.25, -0.2) is 0 Å². The Morgan fingerprint density at radius 1 is 1.24 bits per heavy atom. The number of halogens is 4. The molecule has 0 amide bonds. The molecule has 5 heteroatoms. The molecule has 17 heavy (non-hydrogen) atoms. The van der Waals surface area contributed by atoms with Crippen LogP contribution in [-0.4, -0.2) is 23.3 Å². The van der Waals surface area contributed by atoms with E-state index < -0.39 is 11.7 Å². The van der Waals surface area contributed by atoms with Crippen molar-refractivity contribution >= 4 is 15.9 Å². The van der Waals surface area contributed by atoms with E-state index in [0.717, 1.165) is 24.2 Å². The van der Waals surface area contributed by atoms with Crippen molar-refractivity contribution in [2.24, 2.45) is 0 Å². The molecule has 0 aliphatic carbocycles. The highest BCUT2D eigenvalue weighted by Crippen LogP contribution is 2.29. The fraction of sp³-hybridized carbons (Fsp3) is 0.500. The maximum atomic E-state index is 12.3. The zero-order valence-corrected chi connectivity index (χ0v) is 11.3. The topological polar surface area (TPSA) is 3.24 Å². The van der Waals surface area contributed by atoms with Crippen molar-refractivity contribution in [3.8, 4) is 0 Å². The number of hydrogen-bond donors (Lipinski definition) is 0. The van der Waals surface area contributed by atoms with E-state index in [0.29, 0.717) is 11.4 Å². The van der Waals surface area contributed by atoms with Gasteiger partial charge in [-0.3, -0.25) is 0 Å². The van der Waals surface area contributed by atoms with Crippen molar-refractivity contribution < 1.29 is 13.2 Å². The molecule has 96 valence electrons. The van der Waals surface area contributed by atoms with E-state index in [1.54, 1.807) is 0 Å². The van der Waals surface area contributed by atoms with Gasteiger partial charge >= 0.3 is 6.18 Å². The van der Waals surface area contributed by atoms with E-state index in [-0.39, 0.29) is 0 Å². The minimum atomic E-state index is -4.26. The van der Waals surface area contributed by atoms with Crippen LogP contribution in [0.15, 0.2) is 24.3 Å². The Bertz CT molecular complexity index is 346. The Balaban J connectivity index is 2.63. The molecule has 1 aromatic carbocycles. The Kier molecular flexibility index (Phi) is 5.01. The summed E-state index contributed by atoms with van der Waals surface area (Å²) in [4.78, 5) is 2.42. The first-order valence-corrected chi connectivity index (χ1v) is 6.19. The smallest absolute Gasteiger partial charge is 0.301 e. The van der Waals surface area contributed by atoms with Crippen LogP contribution in [0.2, 0.25) is 0 Å². The third kappa shape index (κ3) is 5.08. The van der Waals surface area contributed by atoms with E-state index in [1.165, 1.54) is 12.1 Å². The first-order chi connectivity index (χ1) is 7.79. The molecule has 1 atom stereocenters. The summed E-state index contributed by atoms with van der Waals surface area (Å²) in [5, 5.41) is 0. The number of nitrogens with zero attached hydrogens (tertiary/aromatic N) is 1. The van der Waals surface area contributed by atoms with Gasteiger partial charge < -0.3 is 4.90 Å². The van der Waals surface area contributed by atoms with Gasteiger partial charge in [0.15, 0.2) is 0 Å². The molecule has 1 unspecified atom stereocenters. The Labute approximate surface area is 108 Å². The molecule has 0 bridgehead atoms. The first kappa shape index (κ1) is 14.5. The molecule has 0 saturated heterocycles. The average molecular weight is 310 g/mol. The molecule has 0 fully saturated rings. The summed E-state index contributed by atoms with van der Waals surface area (Å²) in [5.74, 6) is 0. The van der Waals surface area contributed by atoms with Crippen molar-refractivity contribution in [3.05, 3.63) is 35.4 Å². The Morgan fingerprint density at radius 2 is 1.76 bits per heavy atom. The van der Waals surface area contributed by atoms with E-state index in [2.05, 4.69) is 20.8 Å².